The van der Waals surface area contributed by atoms with Crippen LogP contribution in [-0.2, 0) is 0 Å². The van der Waals surface area contributed by atoms with E-state index in [2.05, 4.69) is 9.97 Å². The van der Waals surface area contributed by atoms with Crippen LogP contribution in [0.1, 0.15) is 28.5 Å². The van der Waals surface area contributed by atoms with Gasteiger partial charge >= 0.3 is 0 Å². The number of nitriles is 1. The molecule has 0 unspecified atom stereocenters. The molecule has 0 aliphatic carbocycles. The zero-order valence-corrected chi connectivity index (χ0v) is 10.5. The monoisotopic (exact) mass is 253 g/mol. The molecule has 2 aromatic heterocycles. The number of ketones is 1. The van der Waals surface area contributed by atoms with Gasteiger partial charge in [-0.2, -0.15) is 5.26 Å². The number of pyridine rings is 2. The molecule has 0 spiro atoms. The van der Waals surface area contributed by atoms with E-state index in [9.17, 15) is 9.59 Å². The number of carbonyl (C=O) groups excluding carboxylic acids is 1. The van der Waals surface area contributed by atoms with Crippen molar-refractivity contribution >= 4 is 5.78 Å². The quantitative estimate of drug-likeness (QED) is 0.827. The van der Waals surface area contributed by atoms with Crippen molar-refractivity contribution in [2.24, 2.45) is 0 Å². The Labute approximate surface area is 109 Å². The first-order valence-corrected chi connectivity index (χ1v) is 5.64. The molecule has 0 aliphatic rings. The maximum atomic E-state index is 11.8. The molecule has 2 rings (SSSR count). The summed E-state index contributed by atoms with van der Waals surface area (Å²) in [5.74, 6) is -0.197. The predicted octanol–water partition coefficient (Wildman–Crippen LogP) is 1.82. The van der Waals surface area contributed by atoms with Gasteiger partial charge in [-0.1, -0.05) is 0 Å². The first kappa shape index (κ1) is 12.7. The number of aryl methyl sites for hydroxylation is 1. The number of aromatic amines is 1. The van der Waals surface area contributed by atoms with E-state index in [1.165, 1.54) is 6.92 Å². The lowest BCUT2D eigenvalue weighted by Gasteiger charge is -2.11. The lowest BCUT2D eigenvalue weighted by Crippen LogP contribution is -2.18. The smallest absolute Gasteiger partial charge is 0.266 e. The van der Waals surface area contributed by atoms with E-state index in [0.29, 0.717) is 22.4 Å². The summed E-state index contributed by atoms with van der Waals surface area (Å²) >= 11 is 0. The van der Waals surface area contributed by atoms with E-state index in [1.807, 2.05) is 6.07 Å². The number of hydrogen-bond acceptors (Lipinski definition) is 4. The van der Waals surface area contributed by atoms with Crippen molar-refractivity contribution < 1.29 is 4.79 Å². The van der Waals surface area contributed by atoms with Crippen LogP contribution >= 0.6 is 0 Å². The number of aromatic nitrogens is 2. The van der Waals surface area contributed by atoms with Crippen LogP contribution in [0, 0.1) is 18.3 Å². The first-order valence-electron chi connectivity index (χ1n) is 5.64. The fraction of sp³-hybridized carbons (Fsp3) is 0.143. The lowest BCUT2D eigenvalue weighted by molar-refractivity contribution is 0.101. The molecule has 0 amide bonds. The molecule has 0 radical (unpaired) electrons. The van der Waals surface area contributed by atoms with Crippen molar-refractivity contribution in [3.8, 4) is 17.2 Å². The van der Waals surface area contributed by atoms with Gasteiger partial charge in [0, 0.05) is 29.2 Å². The first-order chi connectivity index (χ1) is 9.06. The summed E-state index contributed by atoms with van der Waals surface area (Å²) in [6, 6.07) is 5.20. The summed E-state index contributed by atoms with van der Waals surface area (Å²) in [6.07, 6.45) is 3.11. The van der Waals surface area contributed by atoms with Crippen LogP contribution in [0.2, 0.25) is 0 Å². The molecule has 0 bridgehead atoms. The minimum atomic E-state index is -0.489. The minimum absolute atomic E-state index is 0.0537. The molecule has 0 saturated heterocycles. The number of H-pyrrole nitrogens is 1. The number of nitrogens with zero attached hydrogens (tertiary/aromatic N) is 2. The summed E-state index contributed by atoms with van der Waals surface area (Å²) in [6.45, 7) is 3.05. The van der Waals surface area contributed by atoms with Gasteiger partial charge in [0.2, 0.25) is 0 Å². The SMILES string of the molecule is CC(=O)c1c(C)[nH]c(=O)c(C#N)c1-c1ccncc1. The van der Waals surface area contributed by atoms with E-state index >= 15 is 0 Å². The van der Waals surface area contributed by atoms with Crippen molar-refractivity contribution in [2.75, 3.05) is 0 Å². The van der Waals surface area contributed by atoms with Gasteiger partial charge in [-0.05, 0) is 31.5 Å². The van der Waals surface area contributed by atoms with E-state index in [-0.39, 0.29) is 11.3 Å². The molecule has 1 N–H and O–H groups in total. The van der Waals surface area contributed by atoms with Gasteiger partial charge in [-0.3, -0.25) is 14.6 Å². The number of hydrogen-bond donors (Lipinski definition) is 1. The van der Waals surface area contributed by atoms with E-state index in [1.54, 1.807) is 31.5 Å². The number of carbonyl (C=O) groups is 1. The average molecular weight is 253 g/mol. The normalized spacial score (nSPS) is 9.95. The van der Waals surface area contributed by atoms with Crippen LogP contribution in [0.4, 0.5) is 0 Å². The molecule has 0 fully saturated rings. The van der Waals surface area contributed by atoms with Crippen LogP contribution in [0.15, 0.2) is 29.3 Å². The fourth-order valence-electron chi connectivity index (χ4n) is 2.08. The molecule has 19 heavy (non-hydrogen) atoms. The van der Waals surface area contributed by atoms with Gasteiger partial charge in [0.1, 0.15) is 11.6 Å². The molecule has 0 aliphatic heterocycles. The van der Waals surface area contributed by atoms with E-state index in [4.69, 9.17) is 5.26 Å². The Hall–Kier alpha value is -2.74. The third-order valence-corrected chi connectivity index (χ3v) is 2.84. The standard InChI is InChI=1S/C14H11N3O2/c1-8-12(9(2)18)13(10-3-5-16-6-4-10)11(7-15)14(19)17-8/h3-6H,1-2H3,(H,17,19). The van der Waals surface area contributed by atoms with Gasteiger partial charge < -0.3 is 4.98 Å². The van der Waals surface area contributed by atoms with E-state index < -0.39 is 5.56 Å². The summed E-state index contributed by atoms with van der Waals surface area (Å²) in [5.41, 5.74) is 1.29. The van der Waals surface area contributed by atoms with Crippen LogP contribution in [0.3, 0.4) is 0 Å². The van der Waals surface area contributed by atoms with Crippen LogP contribution in [-0.4, -0.2) is 15.8 Å². The minimum Gasteiger partial charge on any atom is -0.325 e. The molecule has 5 heteroatoms. The molecule has 0 aromatic carbocycles. The molecular weight excluding hydrogens is 242 g/mol. The molecule has 0 atom stereocenters. The van der Waals surface area contributed by atoms with Gasteiger partial charge in [0.05, 0.1) is 0 Å². The Bertz CT molecular complexity index is 740. The molecule has 2 aromatic rings. The number of rotatable bonds is 2. The second kappa shape index (κ2) is 4.86. The second-order valence-electron chi connectivity index (χ2n) is 4.11. The van der Waals surface area contributed by atoms with Gasteiger partial charge in [0.25, 0.3) is 5.56 Å². The molecule has 2 heterocycles. The molecule has 5 nitrogen and oxygen atoms in total. The lowest BCUT2D eigenvalue weighted by atomic mass is 9.93. The zero-order chi connectivity index (χ0) is 14.0. The van der Waals surface area contributed by atoms with Crippen molar-refractivity contribution in [1.29, 1.82) is 5.26 Å². The Morgan fingerprint density at radius 3 is 2.53 bits per heavy atom. The highest BCUT2D eigenvalue weighted by molar-refractivity contribution is 6.02. The Balaban J connectivity index is 2.95. The van der Waals surface area contributed by atoms with Gasteiger partial charge in [-0.15, -0.1) is 0 Å². The van der Waals surface area contributed by atoms with Crippen molar-refractivity contribution in [3.05, 3.63) is 51.7 Å². The number of nitrogens with one attached hydrogen (secondary N) is 1. The highest BCUT2D eigenvalue weighted by Crippen LogP contribution is 2.26. The highest BCUT2D eigenvalue weighted by Gasteiger charge is 2.19. The maximum absolute atomic E-state index is 11.8. The molecular formula is C14H11N3O2. The van der Waals surface area contributed by atoms with Gasteiger partial charge in [0.15, 0.2) is 5.78 Å². The summed E-state index contributed by atoms with van der Waals surface area (Å²) in [4.78, 5) is 30.1. The second-order valence-corrected chi connectivity index (χ2v) is 4.11. The predicted molar refractivity (Wildman–Crippen MR) is 69.8 cm³/mol. The maximum Gasteiger partial charge on any atom is 0.266 e. The summed E-state index contributed by atoms with van der Waals surface area (Å²) in [7, 11) is 0. The van der Waals surface area contributed by atoms with E-state index in [0.717, 1.165) is 0 Å². The molecule has 0 saturated carbocycles. The third-order valence-electron chi connectivity index (χ3n) is 2.84. The Morgan fingerprint density at radius 1 is 1.37 bits per heavy atom. The van der Waals surface area contributed by atoms with Crippen LogP contribution in [0.5, 0.6) is 0 Å². The topological polar surface area (TPSA) is 86.6 Å². The van der Waals surface area contributed by atoms with Crippen LogP contribution in [0.25, 0.3) is 11.1 Å². The van der Waals surface area contributed by atoms with Gasteiger partial charge in [-0.25, -0.2) is 0 Å². The largest absolute Gasteiger partial charge is 0.325 e. The summed E-state index contributed by atoms with van der Waals surface area (Å²) in [5, 5.41) is 9.16. The van der Waals surface area contributed by atoms with Crippen LogP contribution < -0.4 is 5.56 Å². The summed E-state index contributed by atoms with van der Waals surface area (Å²) < 4.78 is 0. The average Bonchev–Trinajstić information content (AvgIpc) is 2.38. The highest BCUT2D eigenvalue weighted by atomic mass is 16.1. The molecule has 94 valence electrons. The number of Topliss-reactive ketones (excluding diaryl/α,β-unsaturated/α-hetero) is 1. The Kier molecular flexibility index (Phi) is 3.25. The van der Waals surface area contributed by atoms with Crippen molar-refractivity contribution in [3.63, 3.8) is 0 Å². The zero-order valence-electron chi connectivity index (χ0n) is 10.5. The van der Waals surface area contributed by atoms with Crippen molar-refractivity contribution in [1.82, 2.24) is 9.97 Å². The fourth-order valence-corrected chi connectivity index (χ4v) is 2.08. The Morgan fingerprint density at radius 2 is 2.00 bits per heavy atom. The third kappa shape index (κ3) is 2.16. The van der Waals surface area contributed by atoms with Crippen molar-refractivity contribution in [2.45, 2.75) is 13.8 Å².